The third-order valence-corrected chi connectivity index (χ3v) is 7.84. The number of aliphatic carboxylic acids is 1. The Labute approximate surface area is 274 Å². The maximum absolute atomic E-state index is 11.9. The Morgan fingerprint density at radius 1 is 0.796 bits per heavy atom. The smallest absolute Gasteiger partial charge is 0.402 e. The number of aliphatic hydroxyl groups is 5. The van der Waals surface area contributed by atoms with E-state index in [1.54, 1.807) is 0 Å². The van der Waals surface area contributed by atoms with Crippen LogP contribution in [-0.2, 0) is 28.5 Å². The van der Waals surface area contributed by atoms with Crippen LogP contribution >= 0.6 is 0 Å². The number of carbonyl (C=O) groups excluding carboxylic acids is 1. The zero-order valence-corrected chi connectivity index (χ0v) is 25.3. The number of esters is 1. The molecule has 0 saturated carbocycles. The highest BCUT2D eigenvalue weighted by molar-refractivity contribution is 5.90. The molecule has 0 radical (unpaired) electrons. The van der Waals surface area contributed by atoms with Gasteiger partial charge < -0.3 is 79.9 Å². The van der Waals surface area contributed by atoms with Crippen molar-refractivity contribution in [3.63, 3.8) is 0 Å². The van der Waals surface area contributed by atoms with Crippen LogP contribution in [0.4, 0.5) is 0 Å². The number of fused-ring (bicyclic) bond motifs is 1. The van der Waals surface area contributed by atoms with Crippen LogP contribution in [0.15, 0.2) is 34.7 Å². The summed E-state index contributed by atoms with van der Waals surface area (Å²) in [7, 11) is 0. The number of aromatic hydroxyl groups is 5. The minimum Gasteiger partial charge on any atom is -0.507 e. The van der Waals surface area contributed by atoms with Gasteiger partial charge >= 0.3 is 23.3 Å². The lowest BCUT2D eigenvalue weighted by atomic mass is 9.97. The van der Waals surface area contributed by atoms with E-state index in [1.807, 2.05) is 0 Å². The van der Waals surface area contributed by atoms with Gasteiger partial charge in [0.25, 0.3) is 0 Å². The van der Waals surface area contributed by atoms with Crippen LogP contribution in [0.3, 0.4) is 0 Å². The molecule has 19 nitrogen and oxygen atoms in total. The van der Waals surface area contributed by atoms with E-state index in [-0.39, 0.29) is 22.3 Å². The molecule has 49 heavy (non-hydrogen) atoms. The van der Waals surface area contributed by atoms with Gasteiger partial charge in [-0.2, -0.15) is 0 Å². The summed E-state index contributed by atoms with van der Waals surface area (Å²) in [5.74, 6) is -6.87. The first-order chi connectivity index (χ1) is 23.0. The van der Waals surface area contributed by atoms with Gasteiger partial charge in [-0.1, -0.05) is 0 Å². The highest BCUT2D eigenvalue weighted by atomic mass is 16.8. The fourth-order valence-electron chi connectivity index (χ4n) is 5.25. The molecule has 19 heteroatoms. The molecule has 10 atom stereocenters. The highest BCUT2D eigenvalue weighted by Crippen LogP contribution is 2.45. The maximum atomic E-state index is 11.9. The highest BCUT2D eigenvalue weighted by Gasteiger charge is 2.52. The molecule has 0 bridgehead atoms. The normalized spacial score (nSPS) is 30.2. The van der Waals surface area contributed by atoms with Gasteiger partial charge in [0.2, 0.25) is 12.0 Å². The first-order valence-electron chi connectivity index (χ1n) is 14.5. The first kappa shape index (κ1) is 35.6. The number of carboxylic acid groups (broad SMARTS) is 1. The summed E-state index contributed by atoms with van der Waals surface area (Å²) >= 11 is 0. The molecule has 2 fully saturated rings. The van der Waals surface area contributed by atoms with Gasteiger partial charge in [0, 0.05) is 24.3 Å². The lowest BCUT2D eigenvalue weighted by molar-refractivity contribution is -0.354. The second kappa shape index (κ2) is 14.0. The Hall–Kier alpha value is -4.73. The molecule has 5 rings (SSSR count). The van der Waals surface area contributed by atoms with E-state index in [4.69, 9.17) is 33.2 Å². The monoisotopic (exact) mass is 697 g/mol. The summed E-state index contributed by atoms with van der Waals surface area (Å²) in [5.41, 5.74) is -0.305. The minimum absolute atomic E-state index is 0.0752. The van der Waals surface area contributed by atoms with Crippen LogP contribution in [0.25, 0.3) is 22.3 Å². The SMILES string of the molecule is CC1OC(OC2C(Oc3cc4c(O)cc(O)cc4[o+]c3-c3cc(O)c(O)c(O)c3)OC(COC(=O)CC(=O)O)C(O)C2O)C(O)C(O)C1O. The van der Waals surface area contributed by atoms with Crippen molar-refractivity contribution in [2.45, 2.75) is 74.8 Å². The number of benzene rings is 2. The predicted molar refractivity (Wildman–Crippen MR) is 156 cm³/mol. The Balaban J connectivity index is 1.57. The number of carbonyl (C=O) groups is 2. The van der Waals surface area contributed by atoms with Gasteiger partial charge in [-0.15, -0.1) is 0 Å². The average Bonchev–Trinajstić information content (AvgIpc) is 3.03. The Kier molecular flexibility index (Phi) is 10.2. The average molecular weight is 698 g/mol. The summed E-state index contributed by atoms with van der Waals surface area (Å²) in [5, 5.41) is 113. The second-order valence-corrected chi connectivity index (χ2v) is 11.4. The van der Waals surface area contributed by atoms with Gasteiger partial charge in [0.05, 0.1) is 17.7 Å². The van der Waals surface area contributed by atoms with Crippen molar-refractivity contribution in [2.24, 2.45) is 0 Å². The molecule has 0 aliphatic carbocycles. The zero-order chi connectivity index (χ0) is 35.9. The summed E-state index contributed by atoms with van der Waals surface area (Å²) in [6.45, 7) is 0.542. The Morgan fingerprint density at radius 2 is 1.47 bits per heavy atom. The Morgan fingerprint density at radius 3 is 2.12 bits per heavy atom. The van der Waals surface area contributed by atoms with Crippen molar-refractivity contribution < 1.29 is 93.9 Å². The van der Waals surface area contributed by atoms with Crippen molar-refractivity contribution in [3.8, 4) is 45.8 Å². The zero-order valence-electron chi connectivity index (χ0n) is 25.3. The number of hydrogen-bond donors (Lipinski definition) is 11. The van der Waals surface area contributed by atoms with E-state index in [0.29, 0.717) is 0 Å². The van der Waals surface area contributed by atoms with Crippen molar-refractivity contribution >= 4 is 22.9 Å². The van der Waals surface area contributed by atoms with Crippen LogP contribution in [-0.4, -0.2) is 136 Å². The van der Waals surface area contributed by atoms with E-state index in [9.17, 15) is 60.7 Å². The molecular formula is C30H33O19+. The first-order valence-corrected chi connectivity index (χ1v) is 14.5. The molecule has 0 amide bonds. The molecule has 2 saturated heterocycles. The van der Waals surface area contributed by atoms with Gasteiger partial charge in [-0.25, -0.2) is 4.42 Å². The summed E-state index contributed by atoms with van der Waals surface area (Å²) < 4.78 is 33.8. The molecule has 3 heterocycles. The number of phenols is 5. The third-order valence-electron chi connectivity index (χ3n) is 7.84. The molecular weight excluding hydrogens is 664 g/mol. The van der Waals surface area contributed by atoms with E-state index in [1.165, 1.54) is 6.92 Å². The van der Waals surface area contributed by atoms with Crippen molar-refractivity contribution in [1.82, 2.24) is 0 Å². The van der Waals surface area contributed by atoms with Gasteiger partial charge in [-0.3, -0.25) is 9.59 Å². The van der Waals surface area contributed by atoms with Gasteiger partial charge in [0.15, 0.2) is 29.6 Å². The van der Waals surface area contributed by atoms with Gasteiger partial charge in [0.1, 0.15) is 66.5 Å². The van der Waals surface area contributed by atoms with Crippen LogP contribution in [0.5, 0.6) is 34.5 Å². The predicted octanol–water partition coefficient (Wildman–Crippen LogP) is -1.04. The van der Waals surface area contributed by atoms with Crippen molar-refractivity contribution in [3.05, 3.63) is 30.3 Å². The second-order valence-electron chi connectivity index (χ2n) is 11.4. The van der Waals surface area contributed by atoms with Crippen LogP contribution < -0.4 is 4.74 Å². The lowest BCUT2D eigenvalue weighted by Gasteiger charge is -2.45. The fraction of sp³-hybridized carbons (Fsp3) is 0.433. The van der Waals surface area contributed by atoms with E-state index >= 15 is 0 Å². The van der Waals surface area contributed by atoms with Crippen LogP contribution in [0.2, 0.25) is 0 Å². The number of ether oxygens (including phenoxy) is 5. The van der Waals surface area contributed by atoms with E-state index < -0.39 is 121 Å². The topological polar surface area (TPSA) is 314 Å². The number of carboxylic acids is 1. The summed E-state index contributed by atoms with van der Waals surface area (Å²) in [4.78, 5) is 22.8. The molecule has 2 aliphatic rings. The largest absolute Gasteiger partial charge is 0.507 e. The molecule has 1 aromatic heterocycles. The molecule has 3 aromatic rings. The number of aliphatic hydroxyl groups excluding tert-OH is 5. The van der Waals surface area contributed by atoms with E-state index in [0.717, 1.165) is 30.3 Å². The molecule has 0 spiro atoms. The Bertz CT molecular complexity index is 1690. The molecule has 2 aromatic carbocycles. The molecule has 11 N–H and O–H groups in total. The lowest BCUT2D eigenvalue weighted by Crippen LogP contribution is -2.64. The maximum Gasteiger partial charge on any atom is 0.402 e. The summed E-state index contributed by atoms with van der Waals surface area (Å²) in [6, 6.07) is 5.13. The van der Waals surface area contributed by atoms with Crippen LogP contribution in [0, 0.1) is 0 Å². The number of hydrogen-bond acceptors (Lipinski definition) is 17. The van der Waals surface area contributed by atoms with Gasteiger partial charge in [-0.05, 0) is 6.92 Å². The molecule has 10 unspecified atom stereocenters. The van der Waals surface area contributed by atoms with Crippen LogP contribution in [0.1, 0.15) is 13.3 Å². The fourth-order valence-corrected chi connectivity index (χ4v) is 5.25. The quantitative estimate of drug-likeness (QED) is 0.0551. The third kappa shape index (κ3) is 7.33. The number of phenolic OH excluding ortho intramolecular Hbond substituents is 5. The number of rotatable bonds is 9. The van der Waals surface area contributed by atoms with Crippen molar-refractivity contribution in [1.29, 1.82) is 0 Å². The molecule has 266 valence electrons. The molecule has 2 aliphatic heterocycles. The van der Waals surface area contributed by atoms with Crippen molar-refractivity contribution in [2.75, 3.05) is 6.61 Å². The minimum atomic E-state index is -2.01. The summed E-state index contributed by atoms with van der Waals surface area (Å²) in [6.07, 6.45) is -18.4. The van der Waals surface area contributed by atoms with E-state index in [2.05, 4.69) is 0 Å². The standard InChI is InChI=1S/C30H32O19/c1-9-21(38)24(41)26(43)29(45-9)49-28-25(42)23(40)18(8-44-20(37)7-19(35)36)48-30(28)47-17-6-12-13(32)4-11(31)5-16(12)46-27(17)10-2-14(33)22(39)15(34)3-10/h2-6,9,18,21,23-26,28-30,38,40-43H,7-8H2,1H3,(H5-,31,32,33,34,35,36,39)/p+1.